The number of hydrogen-bond acceptors (Lipinski definition) is 1. The molecule has 100 valence electrons. The van der Waals surface area contributed by atoms with Crippen LogP contribution in [0.15, 0.2) is 66.7 Å². The van der Waals surface area contributed by atoms with E-state index in [4.69, 9.17) is 0 Å². The van der Waals surface area contributed by atoms with Gasteiger partial charge in [0.25, 0.3) is 0 Å². The van der Waals surface area contributed by atoms with E-state index < -0.39 is 0 Å². The zero-order valence-corrected chi connectivity index (χ0v) is 11.6. The van der Waals surface area contributed by atoms with E-state index in [2.05, 4.69) is 71.6 Å². The van der Waals surface area contributed by atoms with E-state index in [1.165, 1.54) is 36.1 Å². The molecular formula is C19H19N. The molecule has 2 aliphatic rings. The SMILES string of the molecule is C1=CC2CCC(C1)N2c1ccc(-c2ccccc2)cc1. The zero-order chi connectivity index (χ0) is 13.4. The Morgan fingerprint density at radius 1 is 0.800 bits per heavy atom. The molecule has 0 aromatic heterocycles. The smallest absolute Gasteiger partial charge is 0.0477 e. The lowest BCUT2D eigenvalue weighted by Crippen LogP contribution is -2.37. The first-order chi connectivity index (χ1) is 9.92. The first-order valence-corrected chi connectivity index (χ1v) is 7.52. The van der Waals surface area contributed by atoms with Crippen LogP contribution in [0, 0.1) is 0 Å². The summed E-state index contributed by atoms with van der Waals surface area (Å²) in [6, 6.07) is 21.0. The van der Waals surface area contributed by atoms with Gasteiger partial charge >= 0.3 is 0 Å². The molecule has 0 saturated carbocycles. The van der Waals surface area contributed by atoms with Crippen LogP contribution in [-0.2, 0) is 0 Å². The van der Waals surface area contributed by atoms with Crippen LogP contribution in [0.1, 0.15) is 19.3 Å². The summed E-state index contributed by atoms with van der Waals surface area (Å²) < 4.78 is 0. The molecule has 2 atom stereocenters. The molecule has 1 fully saturated rings. The van der Waals surface area contributed by atoms with Crippen LogP contribution >= 0.6 is 0 Å². The van der Waals surface area contributed by atoms with Gasteiger partial charge in [0.1, 0.15) is 0 Å². The predicted octanol–water partition coefficient (Wildman–Crippen LogP) is 4.65. The van der Waals surface area contributed by atoms with Crippen LogP contribution in [0.25, 0.3) is 11.1 Å². The third-order valence-electron chi connectivity index (χ3n) is 4.59. The van der Waals surface area contributed by atoms with Gasteiger partial charge in [-0.1, -0.05) is 54.6 Å². The van der Waals surface area contributed by atoms with Crippen molar-refractivity contribution in [2.24, 2.45) is 0 Å². The van der Waals surface area contributed by atoms with E-state index in [1.807, 2.05) is 0 Å². The van der Waals surface area contributed by atoms with Gasteiger partial charge in [0.05, 0.1) is 0 Å². The number of fused-ring (bicyclic) bond motifs is 2. The van der Waals surface area contributed by atoms with Gasteiger partial charge in [-0.05, 0) is 42.5 Å². The van der Waals surface area contributed by atoms with Crippen LogP contribution in [0.4, 0.5) is 5.69 Å². The summed E-state index contributed by atoms with van der Waals surface area (Å²) in [5.74, 6) is 0. The van der Waals surface area contributed by atoms with E-state index in [9.17, 15) is 0 Å². The Kier molecular flexibility index (Phi) is 2.84. The van der Waals surface area contributed by atoms with Crippen molar-refractivity contribution in [1.82, 2.24) is 0 Å². The molecule has 1 nitrogen and oxygen atoms in total. The number of rotatable bonds is 2. The predicted molar refractivity (Wildman–Crippen MR) is 84.9 cm³/mol. The van der Waals surface area contributed by atoms with Gasteiger partial charge in [-0.15, -0.1) is 0 Å². The molecular weight excluding hydrogens is 242 g/mol. The van der Waals surface area contributed by atoms with Crippen LogP contribution < -0.4 is 4.90 Å². The largest absolute Gasteiger partial charge is 0.362 e. The van der Waals surface area contributed by atoms with E-state index in [0.717, 1.165) is 0 Å². The van der Waals surface area contributed by atoms with Gasteiger partial charge in [-0.25, -0.2) is 0 Å². The molecule has 1 heteroatoms. The van der Waals surface area contributed by atoms with Crippen molar-refractivity contribution < 1.29 is 0 Å². The molecule has 2 aromatic carbocycles. The number of anilines is 1. The molecule has 0 N–H and O–H groups in total. The summed E-state index contributed by atoms with van der Waals surface area (Å²) in [7, 11) is 0. The normalized spacial score (nSPS) is 24.1. The third kappa shape index (κ3) is 1.94. The maximum Gasteiger partial charge on any atom is 0.0477 e. The number of hydrogen-bond donors (Lipinski definition) is 0. The molecule has 2 aromatic rings. The first kappa shape index (κ1) is 11.8. The summed E-state index contributed by atoms with van der Waals surface area (Å²) in [4.78, 5) is 2.61. The van der Waals surface area contributed by atoms with E-state index in [0.29, 0.717) is 12.1 Å². The highest BCUT2D eigenvalue weighted by Gasteiger charge is 2.33. The quantitative estimate of drug-likeness (QED) is 0.711. The molecule has 2 bridgehead atoms. The van der Waals surface area contributed by atoms with Gasteiger partial charge in [0.15, 0.2) is 0 Å². The van der Waals surface area contributed by atoms with Crippen molar-refractivity contribution >= 4 is 5.69 Å². The number of benzene rings is 2. The second-order valence-electron chi connectivity index (χ2n) is 5.78. The monoisotopic (exact) mass is 261 g/mol. The Morgan fingerprint density at radius 3 is 2.30 bits per heavy atom. The summed E-state index contributed by atoms with van der Waals surface area (Å²) in [6.45, 7) is 0. The molecule has 2 heterocycles. The van der Waals surface area contributed by atoms with Crippen LogP contribution in [-0.4, -0.2) is 12.1 Å². The fraction of sp³-hybridized carbons (Fsp3) is 0.263. The van der Waals surface area contributed by atoms with Crippen LogP contribution in [0.3, 0.4) is 0 Å². The van der Waals surface area contributed by atoms with Crippen molar-refractivity contribution in [1.29, 1.82) is 0 Å². The Labute approximate surface area is 120 Å². The topological polar surface area (TPSA) is 3.24 Å². The van der Waals surface area contributed by atoms with Crippen molar-refractivity contribution in [3.63, 3.8) is 0 Å². The minimum Gasteiger partial charge on any atom is -0.362 e. The molecule has 0 amide bonds. The average Bonchev–Trinajstić information content (AvgIpc) is 2.77. The van der Waals surface area contributed by atoms with Gasteiger partial charge in [-0.3, -0.25) is 0 Å². The molecule has 1 saturated heterocycles. The maximum absolute atomic E-state index is 2.61. The minimum atomic E-state index is 0.622. The Bertz CT molecular complexity index is 612. The Morgan fingerprint density at radius 2 is 1.55 bits per heavy atom. The highest BCUT2D eigenvalue weighted by molar-refractivity contribution is 5.67. The minimum absolute atomic E-state index is 0.622. The summed E-state index contributed by atoms with van der Waals surface area (Å²) in [5, 5.41) is 0. The molecule has 4 rings (SSSR count). The highest BCUT2D eigenvalue weighted by Crippen LogP contribution is 2.36. The molecule has 2 aliphatic heterocycles. The van der Waals surface area contributed by atoms with Gasteiger partial charge in [0, 0.05) is 17.8 Å². The lowest BCUT2D eigenvalue weighted by atomic mass is 10.0. The molecule has 0 spiro atoms. The van der Waals surface area contributed by atoms with Crippen LogP contribution in [0.2, 0.25) is 0 Å². The summed E-state index contributed by atoms with van der Waals surface area (Å²) >= 11 is 0. The van der Waals surface area contributed by atoms with E-state index in [-0.39, 0.29) is 0 Å². The molecule has 0 aliphatic carbocycles. The fourth-order valence-corrected chi connectivity index (χ4v) is 3.58. The molecule has 2 unspecified atom stereocenters. The summed E-state index contributed by atoms with van der Waals surface area (Å²) in [6.07, 6.45) is 8.59. The van der Waals surface area contributed by atoms with Gasteiger partial charge in [-0.2, -0.15) is 0 Å². The Hall–Kier alpha value is -2.02. The van der Waals surface area contributed by atoms with Gasteiger partial charge in [0.2, 0.25) is 0 Å². The third-order valence-corrected chi connectivity index (χ3v) is 4.59. The van der Waals surface area contributed by atoms with E-state index in [1.54, 1.807) is 0 Å². The Balaban J connectivity index is 1.64. The average molecular weight is 261 g/mol. The first-order valence-electron chi connectivity index (χ1n) is 7.52. The lowest BCUT2D eigenvalue weighted by Gasteiger charge is -2.33. The fourth-order valence-electron chi connectivity index (χ4n) is 3.58. The highest BCUT2D eigenvalue weighted by atomic mass is 15.2. The maximum atomic E-state index is 2.61. The van der Waals surface area contributed by atoms with Crippen LogP contribution in [0.5, 0.6) is 0 Å². The van der Waals surface area contributed by atoms with Crippen molar-refractivity contribution in [2.45, 2.75) is 31.3 Å². The second-order valence-corrected chi connectivity index (χ2v) is 5.78. The standard InChI is InChI=1S/C19H19N/c1-2-5-15(6-3-1)16-9-11-19(12-10-16)20-17-7-4-8-18(20)14-13-17/h1-7,9-12,17-18H,8,13-14H2. The van der Waals surface area contributed by atoms with Crippen molar-refractivity contribution in [3.05, 3.63) is 66.7 Å². The molecule has 20 heavy (non-hydrogen) atoms. The lowest BCUT2D eigenvalue weighted by molar-refractivity contribution is 0.649. The van der Waals surface area contributed by atoms with E-state index >= 15 is 0 Å². The molecule has 0 radical (unpaired) electrons. The van der Waals surface area contributed by atoms with Crippen molar-refractivity contribution in [3.8, 4) is 11.1 Å². The number of nitrogens with zero attached hydrogens (tertiary/aromatic N) is 1. The van der Waals surface area contributed by atoms with Gasteiger partial charge < -0.3 is 4.90 Å². The zero-order valence-electron chi connectivity index (χ0n) is 11.6. The summed E-state index contributed by atoms with van der Waals surface area (Å²) in [5.41, 5.74) is 3.97. The van der Waals surface area contributed by atoms with Crippen molar-refractivity contribution in [2.75, 3.05) is 4.90 Å². The second kappa shape index (κ2) is 4.82.